The van der Waals surface area contributed by atoms with Gasteiger partial charge in [-0.15, -0.1) is 0 Å². The number of esters is 1. The Morgan fingerprint density at radius 2 is 2.00 bits per heavy atom. The van der Waals surface area contributed by atoms with Crippen molar-refractivity contribution >= 4 is 5.97 Å². The summed E-state index contributed by atoms with van der Waals surface area (Å²) in [6, 6.07) is 6.26. The summed E-state index contributed by atoms with van der Waals surface area (Å²) in [4.78, 5) is 12.3. The van der Waals surface area contributed by atoms with Crippen molar-refractivity contribution in [3.63, 3.8) is 0 Å². The van der Waals surface area contributed by atoms with E-state index in [4.69, 9.17) is 9.47 Å². The van der Waals surface area contributed by atoms with Crippen molar-refractivity contribution < 1.29 is 14.3 Å². The van der Waals surface area contributed by atoms with Crippen LogP contribution in [0.25, 0.3) is 0 Å². The molecule has 1 aromatic rings. The highest BCUT2D eigenvalue weighted by atomic mass is 16.5. The van der Waals surface area contributed by atoms with Crippen LogP contribution in [-0.2, 0) is 14.9 Å². The molecule has 0 spiro atoms. The fourth-order valence-electron chi connectivity index (χ4n) is 3.99. The molecular weight excluding hydrogens is 276 g/mol. The van der Waals surface area contributed by atoms with Crippen LogP contribution in [0.3, 0.4) is 0 Å². The van der Waals surface area contributed by atoms with Crippen LogP contribution < -0.4 is 4.74 Å². The second-order valence-corrected chi connectivity index (χ2v) is 7.01. The van der Waals surface area contributed by atoms with Gasteiger partial charge in [0.2, 0.25) is 0 Å². The maximum Gasteiger partial charge on any atom is 0.306 e. The van der Waals surface area contributed by atoms with Crippen LogP contribution >= 0.6 is 0 Å². The summed E-state index contributed by atoms with van der Waals surface area (Å²) in [5, 5.41) is 0. The third-order valence-electron chi connectivity index (χ3n) is 5.32. The lowest BCUT2D eigenvalue weighted by Crippen LogP contribution is -2.40. The fraction of sp³-hybridized carbons (Fsp3) is 0.632. The number of benzene rings is 1. The molecule has 3 heteroatoms. The van der Waals surface area contributed by atoms with Crippen molar-refractivity contribution in [2.75, 3.05) is 13.7 Å². The molecule has 3 nitrogen and oxygen atoms in total. The standard InChI is InChI=1S/C19H28O3/c1-6-22-17(20)13-19(11-7-10-18(19,3)4)15-12-14(2)8-9-16(15)21-5/h8-9,12H,6-7,10-11,13H2,1-5H3/t19-/m1/s1. The van der Waals surface area contributed by atoms with Gasteiger partial charge in [0.25, 0.3) is 0 Å². The predicted octanol–water partition coefficient (Wildman–Crippen LogP) is 4.40. The first-order chi connectivity index (χ1) is 10.4. The van der Waals surface area contributed by atoms with Crippen LogP contribution in [0.15, 0.2) is 18.2 Å². The summed E-state index contributed by atoms with van der Waals surface area (Å²) in [5.74, 6) is 0.769. The Morgan fingerprint density at radius 3 is 2.55 bits per heavy atom. The van der Waals surface area contributed by atoms with Crippen LogP contribution in [0, 0.1) is 12.3 Å². The Kier molecular flexibility index (Phi) is 4.84. The van der Waals surface area contributed by atoms with E-state index in [1.165, 1.54) is 5.56 Å². The summed E-state index contributed by atoms with van der Waals surface area (Å²) < 4.78 is 10.9. The molecule has 0 N–H and O–H groups in total. The fourth-order valence-corrected chi connectivity index (χ4v) is 3.99. The van der Waals surface area contributed by atoms with Gasteiger partial charge in [0.1, 0.15) is 5.75 Å². The van der Waals surface area contributed by atoms with E-state index in [1.807, 2.05) is 13.0 Å². The number of carbonyl (C=O) groups excluding carboxylic acids is 1. The molecule has 1 fully saturated rings. The number of ether oxygens (including phenoxy) is 2. The highest BCUT2D eigenvalue weighted by Gasteiger charge is 2.52. The first kappa shape index (κ1) is 16.9. The van der Waals surface area contributed by atoms with Gasteiger partial charge in [0.15, 0.2) is 0 Å². The van der Waals surface area contributed by atoms with E-state index in [0.717, 1.165) is 30.6 Å². The molecule has 122 valence electrons. The number of aryl methyl sites for hydroxylation is 1. The Balaban J connectivity index is 2.55. The Labute approximate surface area is 134 Å². The second kappa shape index (κ2) is 6.31. The SMILES string of the molecule is CCOC(=O)C[C@@]1(c2cc(C)ccc2OC)CCCC1(C)C. The molecule has 0 radical (unpaired) electrons. The maximum absolute atomic E-state index is 12.3. The molecule has 0 heterocycles. The van der Waals surface area contributed by atoms with E-state index in [1.54, 1.807) is 7.11 Å². The Morgan fingerprint density at radius 1 is 1.27 bits per heavy atom. The highest BCUT2D eigenvalue weighted by Crippen LogP contribution is 2.58. The average Bonchev–Trinajstić information content (AvgIpc) is 2.75. The minimum Gasteiger partial charge on any atom is -0.496 e. The molecule has 0 bridgehead atoms. The molecule has 1 aliphatic rings. The van der Waals surface area contributed by atoms with Crippen LogP contribution in [0.4, 0.5) is 0 Å². The average molecular weight is 304 g/mol. The molecule has 0 aromatic heterocycles. The third kappa shape index (κ3) is 2.86. The van der Waals surface area contributed by atoms with E-state index in [0.29, 0.717) is 13.0 Å². The van der Waals surface area contributed by atoms with Gasteiger partial charge in [-0.05, 0) is 38.2 Å². The molecule has 1 aliphatic carbocycles. The van der Waals surface area contributed by atoms with Crippen LogP contribution in [0.1, 0.15) is 57.6 Å². The molecule has 2 rings (SSSR count). The molecule has 1 saturated carbocycles. The lowest BCUT2D eigenvalue weighted by molar-refractivity contribution is -0.145. The van der Waals surface area contributed by atoms with Gasteiger partial charge < -0.3 is 9.47 Å². The quantitative estimate of drug-likeness (QED) is 0.756. The summed E-state index contributed by atoms with van der Waals surface area (Å²) in [6.45, 7) is 8.91. The van der Waals surface area contributed by atoms with Crippen molar-refractivity contribution in [2.45, 2.75) is 58.8 Å². The lowest BCUT2D eigenvalue weighted by Gasteiger charge is -2.42. The van der Waals surface area contributed by atoms with E-state index >= 15 is 0 Å². The van der Waals surface area contributed by atoms with E-state index in [9.17, 15) is 4.79 Å². The molecule has 1 atom stereocenters. The van der Waals surface area contributed by atoms with Gasteiger partial charge in [0.05, 0.1) is 20.1 Å². The molecule has 0 unspecified atom stereocenters. The van der Waals surface area contributed by atoms with Crippen molar-refractivity contribution in [2.24, 2.45) is 5.41 Å². The molecule has 0 saturated heterocycles. The molecular formula is C19H28O3. The third-order valence-corrected chi connectivity index (χ3v) is 5.32. The molecule has 1 aromatic carbocycles. The number of hydrogen-bond acceptors (Lipinski definition) is 3. The summed E-state index contributed by atoms with van der Waals surface area (Å²) in [7, 11) is 1.70. The summed E-state index contributed by atoms with van der Waals surface area (Å²) in [5.41, 5.74) is 2.18. The first-order valence-electron chi connectivity index (χ1n) is 8.17. The first-order valence-corrected chi connectivity index (χ1v) is 8.17. The lowest BCUT2D eigenvalue weighted by atomic mass is 9.61. The predicted molar refractivity (Wildman–Crippen MR) is 88.3 cm³/mol. The molecule has 0 amide bonds. The highest BCUT2D eigenvalue weighted by molar-refractivity contribution is 5.72. The molecule has 22 heavy (non-hydrogen) atoms. The minimum atomic E-state index is -0.212. The van der Waals surface area contributed by atoms with E-state index in [-0.39, 0.29) is 16.8 Å². The normalized spacial score (nSPS) is 23.3. The smallest absolute Gasteiger partial charge is 0.306 e. The van der Waals surface area contributed by atoms with Crippen molar-refractivity contribution in [3.8, 4) is 5.75 Å². The van der Waals surface area contributed by atoms with Crippen molar-refractivity contribution in [1.29, 1.82) is 0 Å². The zero-order valence-electron chi connectivity index (χ0n) is 14.5. The zero-order chi connectivity index (χ0) is 16.4. The number of hydrogen-bond donors (Lipinski definition) is 0. The Bertz CT molecular complexity index is 548. The molecule has 0 aliphatic heterocycles. The largest absolute Gasteiger partial charge is 0.496 e. The van der Waals surface area contributed by atoms with E-state index < -0.39 is 0 Å². The van der Waals surface area contributed by atoms with Crippen LogP contribution in [0.5, 0.6) is 5.75 Å². The van der Waals surface area contributed by atoms with Gasteiger partial charge >= 0.3 is 5.97 Å². The van der Waals surface area contributed by atoms with Gasteiger partial charge in [-0.25, -0.2) is 0 Å². The zero-order valence-corrected chi connectivity index (χ0v) is 14.5. The minimum absolute atomic E-state index is 0.0425. The van der Waals surface area contributed by atoms with E-state index in [2.05, 4.69) is 32.9 Å². The van der Waals surface area contributed by atoms with Crippen molar-refractivity contribution in [1.82, 2.24) is 0 Å². The second-order valence-electron chi connectivity index (χ2n) is 7.01. The van der Waals surface area contributed by atoms with Gasteiger partial charge in [-0.2, -0.15) is 0 Å². The van der Waals surface area contributed by atoms with Crippen molar-refractivity contribution in [3.05, 3.63) is 29.3 Å². The summed E-state index contributed by atoms with van der Waals surface area (Å²) in [6.07, 6.45) is 3.67. The van der Waals surface area contributed by atoms with Gasteiger partial charge in [-0.1, -0.05) is 38.0 Å². The van der Waals surface area contributed by atoms with Gasteiger partial charge in [0, 0.05) is 11.0 Å². The monoisotopic (exact) mass is 304 g/mol. The summed E-state index contributed by atoms with van der Waals surface area (Å²) >= 11 is 0. The number of carbonyl (C=O) groups is 1. The maximum atomic E-state index is 12.3. The van der Waals surface area contributed by atoms with Crippen LogP contribution in [-0.4, -0.2) is 19.7 Å². The van der Waals surface area contributed by atoms with Gasteiger partial charge in [-0.3, -0.25) is 4.79 Å². The number of methoxy groups -OCH3 is 1. The Hall–Kier alpha value is -1.51. The topological polar surface area (TPSA) is 35.5 Å². The van der Waals surface area contributed by atoms with Crippen LogP contribution in [0.2, 0.25) is 0 Å². The number of rotatable bonds is 5.